The molecule has 20 heavy (non-hydrogen) atoms. The average Bonchev–Trinajstić information content (AvgIpc) is 2.35. The molecule has 6 nitrogen and oxygen atoms in total. The Morgan fingerprint density at radius 3 is 2.55 bits per heavy atom. The molecular formula is C13H21N3O3S. The van der Waals surface area contributed by atoms with Crippen LogP contribution in [0.3, 0.4) is 0 Å². The molecule has 0 saturated carbocycles. The average molecular weight is 299 g/mol. The smallest absolute Gasteiger partial charge is 0.251 e. The van der Waals surface area contributed by atoms with Crippen molar-refractivity contribution in [3.05, 3.63) is 23.8 Å². The number of amides is 1. The van der Waals surface area contributed by atoms with Gasteiger partial charge in [-0.1, -0.05) is 0 Å². The summed E-state index contributed by atoms with van der Waals surface area (Å²) in [7, 11) is -1.25. The summed E-state index contributed by atoms with van der Waals surface area (Å²) in [6.07, 6.45) is 1.20. The van der Waals surface area contributed by atoms with Crippen LogP contribution in [0.15, 0.2) is 18.2 Å². The van der Waals surface area contributed by atoms with Crippen molar-refractivity contribution in [2.75, 3.05) is 42.8 Å². The van der Waals surface area contributed by atoms with Crippen LogP contribution in [-0.4, -0.2) is 46.5 Å². The summed E-state index contributed by atoms with van der Waals surface area (Å²) >= 11 is 0. The first-order valence-electron chi connectivity index (χ1n) is 6.31. The number of hydrogen-bond donors (Lipinski definition) is 2. The van der Waals surface area contributed by atoms with Crippen LogP contribution < -0.4 is 16.0 Å². The van der Waals surface area contributed by atoms with Crippen LogP contribution >= 0.6 is 0 Å². The van der Waals surface area contributed by atoms with Gasteiger partial charge in [0.1, 0.15) is 9.84 Å². The van der Waals surface area contributed by atoms with Crippen LogP contribution in [0.25, 0.3) is 0 Å². The van der Waals surface area contributed by atoms with Gasteiger partial charge in [-0.25, -0.2) is 8.42 Å². The van der Waals surface area contributed by atoms with Gasteiger partial charge < -0.3 is 16.0 Å². The minimum Gasteiger partial charge on any atom is -0.397 e. The fraction of sp³-hybridized carbons (Fsp3) is 0.462. The molecular weight excluding hydrogens is 278 g/mol. The Labute approximate surface area is 119 Å². The lowest BCUT2D eigenvalue weighted by Crippen LogP contribution is -2.26. The molecule has 0 saturated heterocycles. The number of nitrogens with one attached hydrogen (secondary N) is 1. The van der Waals surface area contributed by atoms with Gasteiger partial charge >= 0.3 is 0 Å². The molecule has 0 atom stereocenters. The predicted molar refractivity (Wildman–Crippen MR) is 81.8 cm³/mol. The van der Waals surface area contributed by atoms with Gasteiger partial charge in [0.2, 0.25) is 0 Å². The van der Waals surface area contributed by atoms with Gasteiger partial charge in [-0.05, 0) is 25.1 Å². The Hall–Kier alpha value is -1.76. The molecule has 0 aromatic heterocycles. The Morgan fingerprint density at radius 1 is 1.40 bits per heavy atom. The van der Waals surface area contributed by atoms with Crippen molar-refractivity contribution in [2.45, 2.75) is 6.92 Å². The van der Waals surface area contributed by atoms with Crippen molar-refractivity contribution in [3.63, 3.8) is 0 Å². The molecule has 1 amide bonds. The van der Waals surface area contributed by atoms with Crippen LogP contribution in [0.1, 0.15) is 17.3 Å². The SMILES string of the molecule is CCNC(=O)c1ccc(N(C)CCS(C)(=O)=O)c(N)c1. The summed E-state index contributed by atoms with van der Waals surface area (Å²) in [5.41, 5.74) is 7.57. The number of nitrogens with two attached hydrogens (primary N) is 1. The van der Waals surface area contributed by atoms with E-state index in [1.165, 1.54) is 6.26 Å². The van der Waals surface area contributed by atoms with E-state index in [4.69, 9.17) is 5.73 Å². The molecule has 0 fully saturated rings. The van der Waals surface area contributed by atoms with Crippen molar-refractivity contribution in [1.29, 1.82) is 0 Å². The Kier molecular flexibility index (Phi) is 5.38. The lowest BCUT2D eigenvalue weighted by Gasteiger charge is -2.21. The van der Waals surface area contributed by atoms with E-state index in [0.717, 1.165) is 0 Å². The molecule has 0 heterocycles. The molecule has 0 unspecified atom stereocenters. The maximum atomic E-state index is 11.7. The van der Waals surface area contributed by atoms with Crippen molar-refractivity contribution in [1.82, 2.24) is 5.32 Å². The van der Waals surface area contributed by atoms with E-state index in [0.29, 0.717) is 30.0 Å². The summed E-state index contributed by atoms with van der Waals surface area (Å²) in [6, 6.07) is 4.99. The minimum atomic E-state index is -3.02. The summed E-state index contributed by atoms with van der Waals surface area (Å²) in [5.74, 6) is -0.120. The quantitative estimate of drug-likeness (QED) is 0.746. The molecule has 0 aliphatic heterocycles. The van der Waals surface area contributed by atoms with Crippen LogP contribution in [0, 0.1) is 0 Å². The number of rotatable bonds is 6. The molecule has 0 aliphatic carbocycles. The highest BCUT2D eigenvalue weighted by Gasteiger charge is 2.11. The van der Waals surface area contributed by atoms with E-state index < -0.39 is 9.84 Å². The molecule has 1 aromatic carbocycles. The number of hydrogen-bond acceptors (Lipinski definition) is 5. The standard InChI is InChI=1S/C13H21N3O3S/c1-4-15-13(17)10-5-6-12(11(14)9-10)16(2)7-8-20(3,18)19/h5-6,9H,4,7-8,14H2,1-3H3,(H,15,17). The van der Waals surface area contributed by atoms with E-state index in [-0.39, 0.29) is 11.7 Å². The normalized spacial score (nSPS) is 11.2. The highest BCUT2D eigenvalue weighted by molar-refractivity contribution is 7.90. The lowest BCUT2D eigenvalue weighted by molar-refractivity contribution is 0.0956. The van der Waals surface area contributed by atoms with Crippen LogP contribution in [0.2, 0.25) is 0 Å². The largest absolute Gasteiger partial charge is 0.397 e. The van der Waals surface area contributed by atoms with Gasteiger partial charge in [0, 0.05) is 32.0 Å². The monoisotopic (exact) mass is 299 g/mol. The summed E-state index contributed by atoms with van der Waals surface area (Å²) in [6.45, 7) is 2.74. The molecule has 7 heteroatoms. The molecule has 0 bridgehead atoms. The van der Waals surface area contributed by atoms with Gasteiger partial charge in [0.05, 0.1) is 17.1 Å². The predicted octanol–water partition coefficient (Wildman–Crippen LogP) is 0.499. The first kappa shape index (κ1) is 16.3. The topological polar surface area (TPSA) is 92.5 Å². The van der Waals surface area contributed by atoms with Gasteiger partial charge in [-0.3, -0.25) is 4.79 Å². The van der Waals surface area contributed by atoms with Crippen LogP contribution in [0.4, 0.5) is 11.4 Å². The highest BCUT2D eigenvalue weighted by Crippen LogP contribution is 2.23. The second-order valence-electron chi connectivity index (χ2n) is 4.68. The maximum absolute atomic E-state index is 11.7. The third-order valence-corrected chi connectivity index (χ3v) is 3.76. The number of sulfone groups is 1. The van der Waals surface area contributed by atoms with Crippen molar-refractivity contribution in [3.8, 4) is 0 Å². The molecule has 0 radical (unpaired) electrons. The van der Waals surface area contributed by atoms with E-state index in [2.05, 4.69) is 5.32 Å². The summed E-state index contributed by atoms with van der Waals surface area (Å²) in [5, 5.41) is 2.70. The number of anilines is 2. The van der Waals surface area contributed by atoms with Gasteiger partial charge in [0.25, 0.3) is 5.91 Å². The van der Waals surface area contributed by atoms with E-state index in [1.54, 1.807) is 30.1 Å². The molecule has 0 aliphatic rings. The zero-order valence-corrected chi connectivity index (χ0v) is 12.8. The van der Waals surface area contributed by atoms with E-state index >= 15 is 0 Å². The summed E-state index contributed by atoms with van der Waals surface area (Å²) < 4.78 is 22.3. The molecule has 1 rings (SSSR count). The van der Waals surface area contributed by atoms with Crippen molar-refractivity contribution >= 4 is 27.1 Å². The highest BCUT2D eigenvalue weighted by atomic mass is 32.2. The number of benzene rings is 1. The minimum absolute atomic E-state index is 0.0566. The first-order chi connectivity index (χ1) is 9.24. The number of nitrogens with zero attached hydrogens (tertiary/aromatic N) is 1. The Balaban J connectivity index is 2.84. The molecule has 1 aromatic rings. The fourth-order valence-electron chi connectivity index (χ4n) is 1.73. The first-order valence-corrected chi connectivity index (χ1v) is 8.37. The van der Waals surface area contributed by atoms with Crippen molar-refractivity contribution < 1.29 is 13.2 Å². The number of nitrogen functional groups attached to an aromatic ring is 1. The fourth-order valence-corrected chi connectivity index (χ4v) is 2.33. The maximum Gasteiger partial charge on any atom is 0.251 e. The second kappa shape index (κ2) is 6.60. The third-order valence-electron chi connectivity index (χ3n) is 2.84. The van der Waals surface area contributed by atoms with Crippen LogP contribution in [0.5, 0.6) is 0 Å². The van der Waals surface area contributed by atoms with E-state index in [9.17, 15) is 13.2 Å². The molecule has 112 valence electrons. The van der Waals surface area contributed by atoms with Gasteiger partial charge in [-0.15, -0.1) is 0 Å². The van der Waals surface area contributed by atoms with E-state index in [1.807, 2.05) is 6.92 Å². The zero-order chi connectivity index (χ0) is 15.3. The van der Waals surface area contributed by atoms with Gasteiger partial charge in [0.15, 0.2) is 0 Å². The molecule has 0 spiro atoms. The Bertz CT molecular complexity index is 585. The number of carbonyl (C=O) groups excluding carboxylic acids is 1. The third kappa shape index (κ3) is 4.73. The van der Waals surface area contributed by atoms with Crippen molar-refractivity contribution in [2.24, 2.45) is 0 Å². The lowest BCUT2D eigenvalue weighted by atomic mass is 10.1. The molecule has 3 N–H and O–H groups in total. The zero-order valence-electron chi connectivity index (χ0n) is 12.0. The number of carbonyl (C=O) groups is 1. The second-order valence-corrected chi connectivity index (χ2v) is 6.94. The van der Waals surface area contributed by atoms with Gasteiger partial charge in [-0.2, -0.15) is 0 Å². The summed E-state index contributed by atoms with van der Waals surface area (Å²) in [4.78, 5) is 13.4. The van der Waals surface area contributed by atoms with Crippen LogP contribution in [-0.2, 0) is 9.84 Å². The Morgan fingerprint density at radius 2 is 2.05 bits per heavy atom.